The van der Waals surface area contributed by atoms with E-state index in [9.17, 15) is 14.9 Å². The predicted octanol–water partition coefficient (Wildman–Crippen LogP) is 3.00. The number of likely N-dealkylation sites (N-methyl/N-ethyl adjacent to an activating group) is 1. The van der Waals surface area contributed by atoms with E-state index in [-0.39, 0.29) is 23.1 Å². The number of nitriles is 1. The van der Waals surface area contributed by atoms with Gasteiger partial charge in [0, 0.05) is 18.7 Å². The van der Waals surface area contributed by atoms with Crippen LogP contribution in [0.15, 0.2) is 35.1 Å². The average molecular weight is 395 g/mol. The number of rotatable bonds is 9. The molecule has 154 valence electrons. The van der Waals surface area contributed by atoms with Gasteiger partial charge in [0.25, 0.3) is 5.56 Å². The molecule has 6 heteroatoms. The van der Waals surface area contributed by atoms with Gasteiger partial charge in [-0.1, -0.05) is 44.2 Å². The summed E-state index contributed by atoms with van der Waals surface area (Å²) in [5, 5.41) is 12.3. The summed E-state index contributed by atoms with van der Waals surface area (Å²) < 4.78 is 0. The van der Waals surface area contributed by atoms with Crippen LogP contribution in [0.25, 0.3) is 0 Å². The molecule has 0 saturated carbocycles. The van der Waals surface area contributed by atoms with E-state index in [1.54, 1.807) is 13.8 Å². The summed E-state index contributed by atoms with van der Waals surface area (Å²) in [6.07, 6.45) is 0.786. The number of hydrogen-bond donors (Lipinski definition) is 2. The number of aromatic nitrogens is 1. The van der Waals surface area contributed by atoms with Gasteiger partial charge in [-0.2, -0.15) is 5.26 Å². The predicted molar refractivity (Wildman–Crippen MR) is 115 cm³/mol. The maximum absolute atomic E-state index is 12.5. The normalized spacial score (nSPS) is 11.9. The van der Waals surface area contributed by atoms with Crippen LogP contribution in [0.1, 0.15) is 54.3 Å². The molecule has 0 aliphatic rings. The quantitative estimate of drug-likeness (QED) is 0.684. The summed E-state index contributed by atoms with van der Waals surface area (Å²) in [6.45, 7) is 10.1. The molecule has 0 radical (unpaired) electrons. The van der Waals surface area contributed by atoms with Crippen LogP contribution in [0.2, 0.25) is 0 Å². The monoisotopic (exact) mass is 394 g/mol. The van der Waals surface area contributed by atoms with Crippen LogP contribution in [0.5, 0.6) is 0 Å². The summed E-state index contributed by atoms with van der Waals surface area (Å²) in [6, 6.07) is 12.3. The summed E-state index contributed by atoms with van der Waals surface area (Å²) >= 11 is 0. The number of benzene rings is 1. The third-order valence-electron chi connectivity index (χ3n) is 5.45. The highest BCUT2D eigenvalue weighted by Crippen LogP contribution is 2.20. The maximum atomic E-state index is 12.5. The lowest BCUT2D eigenvalue weighted by atomic mass is 9.99. The Labute approximate surface area is 172 Å². The second-order valence-electron chi connectivity index (χ2n) is 7.12. The van der Waals surface area contributed by atoms with E-state index in [1.165, 1.54) is 5.56 Å². The number of amides is 1. The highest BCUT2D eigenvalue weighted by atomic mass is 16.1. The first kappa shape index (κ1) is 22.4. The van der Waals surface area contributed by atoms with Crippen molar-refractivity contribution in [2.24, 2.45) is 0 Å². The summed E-state index contributed by atoms with van der Waals surface area (Å²) in [5.74, 6) is -0.0402. The van der Waals surface area contributed by atoms with Crippen LogP contribution in [-0.2, 0) is 11.2 Å². The van der Waals surface area contributed by atoms with Crippen LogP contribution in [0.4, 0.5) is 0 Å². The Bertz CT molecular complexity index is 924. The standard InChI is InChI=1S/C23H30N4O2/c1-5-27(6-2)21(18-10-8-7-9-11-18)15-25-22(28)13-12-19-16(3)20(14-24)23(29)26-17(19)4/h7-11,21H,5-6,12-13,15H2,1-4H3,(H,25,28)(H,26,29). The van der Waals surface area contributed by atoms with Gasteiger partial charge in [0.1, 0.15) is 11.6 Å². The zero-order valence-corrected chi connectivity index (χ0v) is 17.7. The molecular weight excluding hydrogens is 364 g/mol. The number of carbonyl (C=O) groups is 1. The number of pyridine rings is 1. The molecule has 6 nitrogen and oxygen atoms in total. The molecule has 1 unspecified atom stereocenters. The first-order chi connectivity index (χ1) is 13.9. The molecule has 1 aromatic heterocycles. The Morgan fingerprint density at radius 1 is 1.21 bits per heavy atom. The fourth-order valence-electron chi connectivity index (χ4n) is 3.76. The third kappa shape index (κ3) is 5.55. The number of carbonyl (C=O) groups excluding carboxylic acids is 1. The van der Waals surface area contributed by atoms with E-state index < -0.39 is 0 Å². The second-order valence-corrected chi connectivity index (χ2v) is 7.12. The summed E-state index contributed by atoms with van der Waals surface area (Å²) in [5.41, 5.74) is 3.16. The van der Waals surface area contributed by atoms with Gasteiger partial charge in [0.2, 0.25) is 5.91 Å². The minimum atomic E-state index is -0.374. The Balaban J connectivity index is 2.05. The molecule has 0 fully saturated rings. The van der Waals surface area contributed by atoms with Gasteiger partial charge >= 0.3 is 0 Å². The molecule has 29 heavy (non-hydrogen) atoms. The Kier molecular flexibility index (Phi) is 8.17. The molecule has 1 aromatic carbocycles. The molecule has 0 bridgehead atoms. The lowest BCUT2D eigenvalue weighted by molar-refractivity contribution is -0.121. The Morgan fingerprint density at radius 2 is 1.86 bits per heavy atom. The SMILES string of the molecule is CCN(CC)C(CNC(=O)CCc1c(C)[nH]c(=O)c(C#N)c1C)c1ccccc1. The molecule has 2 N–H and O–H groups in total. The highest BCUT2D eigenvalue weighted by molar-refractivity contribution is 5.76. The number of nitrogens with zero attached hydrogens (tertiary/aromatic N) is 2. The van der Waals surface area contributed by atoms with Gasteiger partial charge in [-0.3, -0.25) is 14.5 Å². The lowest BCUT2D eigenvalue weighted by Gasteiger charge is -2.30. The van der Waals surface area contributed by atoms with E-state index in [4.69, 9.17) is 0 Å². The van der Waals surface area contributed by atoms with Gasteiger partial charge in [-0.25, -0.2) is 0 Å². The largest absolute Gasteiger partial charge is 0.354 e. The minimum Gasteiger partial charge on any atom is -0.354 e. The van der Waals surface area contributed by atoms with Gasteiger partial charge in [0.15, 0.2) is 0 Å². The number of aromatic amines is 1. The number of hydrogen-bond acceptors (Lipinski definition) is 4. The van der Waals surface area contributed by atoms with Gasteiger partial charge in [-0.15, -0.1) is 0 Å². The maximum Gasteiger partial charge on any atom is 0.266 e. The molecule has 2 aromatic rings. The lowest BCUT2D eigenvalue weighted by Crippen LogP contribution is -2.38. The molecular formula is C23H30N4O2. The van der Waals surface area contributed by atoms with Crippen LogP contribution in [-0.4, -0.2) is 35.4 Å². The van der Waals surface area contributed by atoms with Crippen molar-refractivity contribution in [2.45, 2.75) is 46.6 Å². The number of H-pyrrole nitrogens is 1. The van der Waals surface area contributed by atoms with Crippen molar-refractivity contribution >= 4 is 5.91 Å². The zero-order valence-electron chi connectivity index (χ0n) is 17.7. The van der Waals surface area contributed by atoms with Crippen molar-refractivity contribution in [3.05, 3.63) is 68.6 Å². The fraction of sp³-hybridized carbons (Fsp3) is 0.435. The Morgan fingerprint density at radius 3 is 2.45 bits per heavy atom. The van der Waals surface area contributed by atoms with Crippen LogP contribution in [0, 0.1) is 25.2 Å². The van der Waals surface area contributed by atoms with E-state index >= 15 is 0 Å². The number of nitrogens with one attached hydrogen (secondary N) is 2. The Hall–Kier alpha value is -2.91. The highest BCUT2D eigenvalue weighted by Gasteiger charge is 2.19. The van der Waals surface area contributed by atoms with Crippen molar-refractivity contribution in [1.29, 1.82) is 5.26 Å². The van der Waals surface area contributed by atoms with Crippen molar-refractivity contribution in [3.63, 3.8) is 0 Å². The molecule has 0 saturated heterocycles. The molecule has 0 aliphatic carbocycles. The minimum absolute atomic E-state index is 0.0402. The molecule has 0 spiro atoms. The average Bonchev–Trinajstić information content (AvgIpc) is 2.71. The third-order valence-corrected chi connectivity index (χ3v) is 5.45. The number of aryl methyl sites for hydroxylation is 1. The van der Waals surface area contributed by atoms with E-state index in [0.29, 0.717) is 30.6 Å². The first-order valence-electron chi connectivity index (χ1n) is 10.1. The topological polar surface area (TPSA) is 89.0 Å². The first-order valence-corrected chi connectivity index (χ1v) is 10.1. The van der Waals surface area contributed by atoms with E-state index in [2.05, 4.69) is 41.2 Å². The molecule has 0 aliphatic heterocycles. The van der Waals surface area contributed by atoms with Crippen LogP contribution >= 0.6 is 0 Å². The molecule has 2 rings (SSSR count). The van der Waals surface area contributed by atoms with Crippen molar-refractivity contribution in [3.8, 4) is 6.07 Å². The zero-order chi connectivity index (χ0) is 21.4. The van der Waals surface area contributed by atoms with Gasteiger partial charge in [-0.05, 0) is 50.0 Å². The summed E-state index contributed by atoms with van der Waals surface area (Å²) in [7, 11) is 0. The van der Waals surface area contributed by atoms with Crippen molar-refractivity contribution in [2.75, 3.05) is 19.6 Å². The fourth-order valence-corrected chi connectivity index (χ4v) is 3.76. The van der Waals surface area contributed by atoms with Gasteiger partial charge < -0.3 is 10.3 Å². The summed E-state index contributed by atoms with van der Waals surface area (Å²) in [4.78, 5) is 29.4. The van der Waals surface area contributed by atoms with Crippen molar-refractivity contribution < 1.29 is 4.79 Å². The smallest absolute Gasteiger partial charge is 0.266 e. The van der Waals surface area contributed by atoms with E-state index in [0.717, 1.165) is 18.7 Å². The second kappa shape index (κ2) is 10.6. The van der Waals surface area contributed by atoms with Crippen LogP contribution in [0.3, 0.4) is 0 Å². The van der Waals surface area contributed by atoms with Crippen molar-refractivity contribution in [1.82, 2.24) is 15.2 Å². The van der Waals surface area contributed by atoms with Crippen LogP contribution < -0.4 is 10.9 Å². The van der Waals surface area contributed by atoms with Gasteiger partial charge in [0.05, 0.1) is 6.04 Å². The molecule has 1 heterocycles. The molecule has 1 amide bonds. The van der Waals surface area contributed by atoms with E-state index in [1.807, 2.05) is 24.3 Å². The molecule has 1 atom stereocenters.